The third kappa shape index (κ3) is 7.71. The highest BCUT2D eigenvalue weighted by atomic mass is 35.5. The van der Waals surface area contributed by atoms with Gasteiger partial charge < -0.3 is 18.0 Å². The lowest BCUT2D eigenvalue weighted by molar-refractivity contribution is 0.672. The van der Waals surface area contributed by atoms with E-state index in [4.69, 9.17) is 48.6 Å². The van der Waals surface area contributed by atoms with Gasteiger partial charge in [-0.05, 0) is 118 Å². The number of hydrogen-bond acceptors (Lipinski definition) is 8. The van der Waals surface area contributed by atoms with Crippen molar-refractivity contribution in [2.45, 2.75) is 7.43 Å². The van der Waals surface area contributed by atoms with Gasteiger partial charge in [-0.1, -0.05) is 159 Å². The second kappa shape index (κ2) is 19.4. The van der Waals surface area contributed by atoms with Crippen molar-refractivity contribution in [2.24, 2.45) is 0 Å². The third-order valence-corrected chi connectivity index (χ3v) is 15.8. The van der Waals surface area contributed by atoms with Gasteiger partial charge in [0.15, 0.2) is 17.5 Å². The Morgan fingerprint density at radius 2 is 0.659 bits per heavy atom. The van der Waals surface area contributed by atoms with Crippen LogP contribution in [0.3, 0.4) is 0 Å². The van der Waals surface area contributed by atoms with Gasteiger partial charge in [0.05, 0.1) is 22.1 Å². The van der Waals surface area contributed by atoms with Gasteiger partial charge in [-0.2, -0.15) is 24.9 Å². The Morgan fingerprint density at radius 1 is 0.293 bits per heavy atom. The maximum atomic E-state index is 6.66. The Kier molecular flexibility index (Phi) is 11.6. The normalized spacial score (nSPS) is 11.7. The highest BCUT2D eigenvalue weighted by molar-refractivity contribution is 6.34. The zero-order valence-corrected chi connectivity index (χ0v) is 44.7. The summed E-state index contributed by atoms with van der Waals surface area (Å²) in [7, 11) is 0. The van der Waals surface area contributed by atoms with E-state index in [1.807, 2.05) is 91.0 Å². The Hall–Kier alpha value is -9.97. The van der Waals surface area contributed by atoms with E-state index in [0.717, 1.165) is 137 Å². The predicted molar refractivity (Wildman–Crippen MR) is 336 cm³/mol. The van der Waals surface area contributed by atoms with Gasteiger partial charge in [0.1, 0.15) is 22.3 Å². The summed E-state index contributed by atoms with van der Waals surface area (Å²) in [5, 5.41) is 12.9. The Morgan fingerprint density at radius 3 is 1.13 bits per heavy atom. The van der Waals surface area contributed by atoms with Crippen LogP contribution in [0.1, 0.15) is 7.43 Å². The topological polar surface area (TPSA) is 113 Å². The molecule has 0 saturated heterocycles. The lowest BCUT2D eigenvalue weighted by atomic mass is 9.96. The van der Waals surface area contributed by atoms with Gasteiger partial charge in [0.2, 0.25) is 15.9 Å². The molecule has 0 aliphatic heterocycles. The lowest BCUT2D eigenvalue weighted by Crippen LogP contribution is -1.99. The molecule has 0 saturated carbocycles. The number of para-hydroxylation sites is 6. The number of fused-ring (bicyclic) bond motifs is 18. The molecule has 13 heteroatoms. The largest absolute Gasteiger partial charge is 0.455 e. The second-order valence-corrected chi connectivity index (χ2v) is 20.8. The van der Waals surface area contributed by atoms with E-state index in [9.17, 15) is 0 Å². The highest BCUT2D eigenvalue weighted by Crippen LogP contribution is 2.48. The minimum atomic E-state index is 0. The zero-order chi connectivity index (χ0) is 53.9. The fourth-order valence-corrected chi connectivity index (χ4v) is 12.5. The van der Waals surface area contributed by atoms with E-state index < -0.39 is 0 Å². The summed E-state index contributed by atoms with van der Waals surface area (Å²) in [6.07, 6.45) is 0. The number of rotatable bonds is 5. The van der Waals surface area contributed by atoms with Gasteiger partial charge in [-0.15, -0.1) is 0 Å². The molecule has 0 bridgehead atoms. The van der Waals surface area contributed by atoms with E-state index in [0.29, 0.717) is 17.5 Å². The van der Waals surface area contributed by atoms with Crippen molar-refractivity contribution >= 4 is 144 Å². The number of aromatic nitrogens is 8. The number of nitrogens with zero attached hydrogens (tertiary/aromatic N) is 8. The predicted octanol–water partition coefficient (Wildman–Crippen LogP) is 19.6. The maximum Gasteiger partial charge on any atom is 0.227 e. The molecule has 0 atom stereocenters. The molecule has 0 spiro atoms. The van der Waals surface area contributed by atoms with Gasteiger partial charge in [-0.25, -0.2) is 4.98 Å². The van der Waals surface area contributed by atoms with Crippen molar-refractivity contribution in [1.29, 1.82) is 0 Å². The number of furan rings is 2. The zero-order valence-electron chi connectivity index (χ0n) is 42.4. The highest BCUT2D eigenvalue weighted by Gasteiger charge is 2.26. The van der Waals surface area contributed by atoms with Crippen LogP contribution in [0.25, 0.3) is 155 Å². The van der Waals surface area contributed by atoms with Crippen LogP contribution in [0, 0.1) is 0 Å². The summed E-state index contributed by atoms with van der Waals surface area (Å²) in [5.74, 6) is 1.44. The van der Waals surface area contributed by atoms with Crippen LogP contribution in [0.15, 0.2) is 233 Å². The van der Waals surface area contributed by atoms with Crippen molar-refractivity contribution < 1.29 is 8.83 Å². The first kappa shape index (κ1) is 49.1. The van der Waals surface area contributed by atoms with Crippen LogP contribution in [-0.2, 0) is 0 Å². The van der Waals surface area contributed by atoms with Gasteiger partial charge in [0, 0.05) is 81.9 Å². The van der Waals surface area contributed by atoms with Crippen LogP contribution in [0.2, 0.25) is 15.9 Å². The van der Waals surface area contributed by atoms with E-state index >= 15 is 0 Å². The van der Waals surface area contributed by atoms with Gasteiger partial charge >= 0.3 is 0 Å². The van der Waals surface area contributed by atoms with Crippen molar-refractivity contribution in [2.75, 3.05) is 0 Å². The Labute approximate surface area is 482 Å². The second-order valence-electron chi connectivity index (χ2n) is 19.8. The molecule has 82 heavy (non-hydrogen) atoms. The molecular weight excluding hydrogens is 1080 g/mol. The molecule has 17 rings (SSSR count). The standard InChI is InChI=1S/C37H21ClN4O.C31H16Cl2N4O.CH4/c38-37-40-35(22-11-3-1-4-12-22)39-36(41-37)28-21-30-32(27-16-7-9-17-29(27)42(30)23-13-5-2-6-14-23)33-25(28)19-20-26-24-15-8-10-18-31(24)43-34(26)33;32-30-34-29(35-31(33)36-30)22-16-24-26(21-11-4-6-12-23(21)37(24)17-8-2-1-3-9-17)27-19(22)14-15-20-18-10-5-7-13-25(18)38-28(20)27;/h1-21H;1-16H;1H4. The molecule has 6 aromatic heterocycles. The molecule has 0 aliphatic rings. The Balaban J connectivity index is 0.000000140. The molecule has 0 unspecified atom stereocenters. The average molecular weight is 1120 g/mol. The molecule has 390 valence electrons. The summed E-state index contributed by atoms with van der Waals surface area (Å²) in [4.78, 5) is 27.0. The smallest absolute Gasteiger partial charge is 0.227 e. The van der Waals surface area contributed by atoms with Crippen LogP contribution < -0.4 is 0 Å². The van der Waals surface area contributed by atoms with Crippen LogP contribution >= 0.6 is 34.8 Å². The van der Waals surface area contributed by atoms with E-state index in [1.165, 1.54) is 0 Å². The molecule has 6 heterocycles. The summed E-state index contributed by atoms with van der Waals surface area (Å²) in [5.41, 5.74) is 12.2. The molecule has 0 fully saturated rings. The lowest BCUT2D eigenvalue weighted by Gasteiger charge is -2.12. The van der Waals surface area contributed by atoms with E-state index in [1.54, 1.807) is 0 Å². The van der Waals surface area contributed by atoms with Crippen molar-refractivity contribution in [3.05, 3.63) is 240 Å². The third-order valence-electron chi connectivity index (χ3n) is 15.3. The number of halogens is 3. The first-order chi connectivity index (χ1) is 39.9. The first-order valence-electron chi connectivity index (χ1n) is 26.2. The van der Waals surface area contributed by atoms with Gasteiger partial charge in [-0.3, -0.25) is 0 Å². The summed E-state index contributed by atoms with van der Waals surface area (Å²) < 4.78 is 17.8. The number of hydrogen-bond donors (Lipinski definition) is 0. The van der Waals surface area contributed by atoms with E-state index in [-0.39, 0.29) is 23.3 Å². The molecule has 17 aromatic rings. The van der Waals surface area contributed by atoms with Crippen molar-refractivity contribution in [3.8, 4) is 45.5 Å². The summed E-state index contributed by atoms with van der Waals surface area (Å²) in [6, 6.07) is 76.6. The summed E-state index contributed by atoms with van der Waals surface area (Å²) in [6.45, 7) is 0. The monoisotopic (exact) mass is 1120 g/mol. The molecule has 10 nitrogen and oxygen atoms in total. The molecule has 0 aliphatic carbocycles. The van der Waals surface area contributed by atoms with Crippen LogP contribution in [0.5, 0.6) is 0 Å². The summed E-state index contributed by atoms with van der Waals surface area (Å²) >= 11 is 19.1. The quantitative estimate of drug-likeness (QED) is 0.167. The Bertz CT molecular complexity index is 5390. The molecule has 11 aromatic carbocycles. The van der Waals surface area contributed by atoms with Crippen LogP contribution in [0.4, 0.5) is 0 Å². The minimum absolute atomic E-state index is 0. The molecule has 0 N–H and O–H groups in total. The molecule has 0 radical (unpaired) electrons. The first-order valence-corrected chi connectivity index (χ1v) is 27.3. The molecular formula is C69H41Cl3N8O2. The molecule has 0 amide bonds. The minimum Gasteiger partial charge on any atom is -0.455 e. The fourth-order valence-electron chi connectivity index (χ4n) is 12.0. The SMILES string of the molecule is C.Clc1nc(-c2ccccc2)nc(-c2cc3c(c4ccccc4n3-c3ccccc3)c3c2ccc2c4ccccc4oc23)n1.Clc1nc(Cl)nc(-c2cc3c(c4ccccc4n3-c3ccccc3)c3c2ccc2c4ccccc4oc23)n1. The van der Waals surface area contributed by atoms with Crippen molar-refractivity contribution in [1.82, 2.24) is 39.0 Å². The average Bonchev–Trinajstić information content (AvgIpc) is 2.38. The van der Waals surface area contributed by atoms with Crippen LogP contribution in [-0.4, -0.2) is 39.0 Å². The maximum absolute atomic E-state index is 6.66. The van der Waals surface area contributed by atoms with Crippen molar-refractivity contribution in [3.63, 3.8) is 0 Å². The fraction of sp³-hybridized carbons (Fsp3) is 0.0145. The number of benzene rings is 11. The van der Waals surface area contributed by atoms with E-state index in [2.05, 4.69) is 168 Å². The van der Waals surface area contributed by atoms with Gasteiger partial charge in [0.25, 0.3) is 0 Å².